The van der Waals surface area contributed by atoms with E-state index < -0.39 is 5.54 Å². The molecule has 1 saturated carbocycles. The number of hydrogen-bond acceptors (Lipinski definition) is 3. The van der Waals surface area contributed by atoms with Crippen LogP contribution in [-0.4, -0.2) is 24.6 Å². The monoisotopic (exact) mass is 324 g/mol. The summed E-state index contributed by atoms with van der Waals surface area (Å²) in [5.74, 6) is 0.765. The van der Waals surface area contributed by atoms with Crippen molar-refractivity contribution in [1.29, 1.82) is 0 Å². The maximum absolute atomic E-state index is 12.2. The zero-order valence-corrected chi connectivity index (χ0v) is 13.8. The minimum atomic E-state index is -0.679. The Labute approximate surface area is 143 Å². The molecule has 0 atom stereocenters. The van der Waals surface area contributed by atoms with Crippen molar-refractivity contribution in [1.82, 2.24) is 5.32 Å². The lowest BCUT2D eigenvalue weighted by atomic mass is 9.98. The second-order valence-corrected chi connectivity index (χ2v) is 6.33. The molecule has 2 aromatic rings. The molecule has 0 unspecified atom stereocenters. The Morgan fingerprint density at radius 2 is 1.71 bits per heavy atom. The van der Waals surface area contributed by atoms with Gasteiger partial charge in [-0.2, -0.15) is 0 Å². The Morgan fingerprint density at radius 3 is 2.46 bits per heavy atom. The maximum atomic E-state index is 12.2. The van der Waals surface area contributed by atoms with Crippen molar-refractivity contribution in [3.63, 3.8) is 0 Å². The summed E-state index contributed by atoms with van der Waals surface area (Å²) in [5.41, 5.74) is 7.63. The molecule has 4 nitrogen and oxygen atoms in total. The molecule has 0 aliphatic heterocycles. The lowest BCUT2D eigenvalue weighted by Gasteiger charge is -2.22. The van der Waals surface area contributed by atoms with Gasteiger partial charge in [0, 0.05) is 5.56 Å². The van der Waals surface area contributed by atoms with Crippen molar-refractivity contribution in [3.8, 4) is 16.9 Å². The standard InChI is InChI=1S/C20H24N2O2/c21-20(12-6-7-13-20)19(23)22-14-15-24-18-11-5-4-10-17(18)16-8-2-1-3-9-16/h1-5,8-11H,6-7,12-15,21H2,(H,22,23). The Balaban J connectivity index is 1.55. The predicted molar refractivity (Wildman–Crippen MR) is 95.8 cm³/mol. The van der Waals surface area contributed by atoms with E-state index in [0.29, 0.717) is 13.2 Å². The van der Waals surface area contributed by atoms with Gasteiger partial charge in [0.25, 0.3) is 0 Å². The van der Waals surface area contributed by atoms with Crippen molar-refractivity contribution in [2.75, 3.05) is 13.2 Å². The lowest BCUT2D eigenvalue weighted by Crippen LogP contribution is -2.52. The van der Waals surface area contributed by atoms with Gasteiger partial charge in [0.05, 0.1) is 12.1 Å². The third-order valence-corrected chi connectivity index (χ3v) is 4.57. The number of nitrogens with one attached hydrogen (secondary N) is 1. The zero-order valence-electron chi connectivity index (χ0n) is 13.8. The van der Waals surface area contributed by atoms with Crippen LogP contribution >= 0.6 is 0 Å². The molecule has 3 N–H and O–H groups in total. The summed E-state index contributed by atoms with van der Waals surface area (Å²) in [5, 5.41) is 2.91. The molecule has 126 valence electrons. The van der Waals surface area contributed by atoms with E-state index in [1.165, 1.54) is 0 Å². The highest BCUT2D eigenvalue weighted by Gasteiger charge is 2.36. The van der Waals surface area contributed by atoms with Crippen molar-refractivity contribution in [2.45, 2.75) is 31.2 Å². The maximum Gasteiger partial charge on any atom is 0.240 e. The molecule has 1 fully saturated rings. The second-order valence-electron chi connectivity index (χ2n) is 6.33. The van der Waals surface area contributed by atoms with Gasteiger partial charge in [0.1, 0.15) is 12.4 Å². The minimum absolute atomic E-state index is 0.0556. The summed E-state index contributed by atoms with van der Waals surface area (Å²) >= 11 is 0. The van der Waals surface area contributed by atoms with Crippen LogP contribution in [-0.2, 0) is 4.79 Å². The summed E-state index contributed by atoms with van der Waals surface area (Å²) < 4.78 is 5.88. The first-order valence-electron chi connectivity index (χ1n) is 8.53. The van der Waals surface area contributed by atoms with Gasteiger partial charge in [-0.05, 0) is 24.5 Å². The molecule has 0 aromatic heterocycles. The number of nitrogens with two attached hydrogens (primary N) is 1. The summed E-state index contributed by atoms with van der Waals surface area (Å²) in [6.07, 6.45) is 3.61. The molecule has 3 rings (SSSR count). The number of para-hydroxylation sites is 1. The number of ether oxygens (including phenoxy) is 1. The summed E-state index contributed by atoms with van der Waals surface area (Å²) in [6, 6.07) is 18.1. The Hall–Kier alpha value is -2.33. The van der Waals surface area contributed by atoms with Crippen molar-refractivity contribution >= 4 is 5.91 Å². The number of amides is 1. The Kier molecular flexibility index (Phi) is 5.16. The highest BCUT2D eigenvalue weighted by molar-refractivity contribution is 5.86. The first-order chi connectivity index (χ1) is 11.7. The number of hydrogen-bond donors (Lipinski definition) is 2. The Bertz CT molecular complexity index is 679. The Morgan fingerprint density at radius 1 is 1.04 bits per heavy atom. The van der Waals surface area contributed by atoms with Crippen LogP contribution in [0, 0.1) is 0 Å². The van der Waals surface area contributed by atoms with E-state index in [4.69, 9.17) is 10.5 Å². The quantitative estimate of drug-likeness (QED) is 0.803. The SMILES string of the molecule is NC1(C(=O)NCCOc2ccccc2-c2ccccc2)CCCC1. The van der Waals surface area contributed by atoms with E-state index in [2.05, 4.69) is 17.4 Å². The van der Waals surface area contributed by atoms with Gasteiger partial charge in [-0.15, -0.1) is 0 Å². The first kappa shape index (κ1) is 16.5. The number of carbonyl (C=O) groups excluding carboxylic acids is 1. The van der Waals surface area contributed by atoms with E-state index in [1.807, 2.05) is 42.5 Å². The number of benzene rings is 2. The highest BCUT2D eigenvalue weighted by Crippen LogP contribution is 2.29. The molecular weight excluding hydrogens is 300 g/mol. The fraction of sp³-hybridized carbons (Fsp3) is 0.350. The fourth-order valence-electron chi connectivity index (χ4n) is 3.18. The van der Waals surface area contributed by atoms with Crippen LogP contribution in [0.2, 0.25) is 0 Å². The van der Waals surface area contributed by atoms with Gasteiger partial charge in [-0.1, -0.05) is 61.4 Å². The largest absolute Gasteiger partial charge is 0.491 e. The smallest absolute Gasteiger partial charge is 0.240 e. The molecule has 0 spiro atoms. The molecular formula is C20H24N2O2. The molecule has 0 saturated heterocycles. The molecule has 0 bridgehead atoms. The highest BCUT2D eigenvalue weighted by atomic mass is 16.5. The molecule has 0 radical (unpaired) electrons. The van der Waals surface area contributed by atoms with Crippen LogP contribution in [0.5, 0.6) is 5.75 Å². The predicted octanol–water partition coefficient (Wildman–Crippen LogP) is 3.12. The summed E-state index contributed by atoms with van der Waals surface area (Å²) in [6.45, 7) is 0.882. The van der Waals surface area contributed by atoms with E-state index in [1.54, 1.807) is 0 Å². The molecule has 1 aliphatic rings. The van der Waals surface area contributed by atoms with E-state index in [0.717, 1.165) is 42.6 Å². The normalized spacial score (nSPS) is 15.9. The van der Waals surface area contributed by atoms with Crippen molar-refractivity contribution < 1.29 is 9.53 Å². The van der Waals surface area contributed by atoms with Crippen LogP contribution in [0.15, 0.2) is 54.6 Å². The van der Waals surface area contributed by atoms with Gasteiger partial charge in [-0.25, -0.2) is 0 Å². The average molecular weight is 324 g/mol. The molecule has 4 heteroatoms. The van der Waals surface area contributed by atoms with Gasteiger partial charge in [0.2, 0.25) is 5.91 Å². The molecule has 1 amide bonds. The molecule has 2 aromatic carbocycles. The van der Waals surface area contributed by atoms with E-state index in [9.17, 15) is 4.79 Å². The minimum Gasteiger partial charge on any atom is -0.491 e. The topological polar surface area (TPSA) is 64.4 Å². The summed E-state index contributed by atoms with van der Waals surface area (Å²) in [7, 11) is 0. The van der Waals surface area contributed by atoms with E-state index in [-0.39, 0.29) is 5.91 Å². The lowest BCUT2D eigenvalue weighted by molar-refractivity contribution is -0.126. The van der Waals surface area contributed by atoms with Gasteiger partial charge in [0.15, 0.2) is 0 Å². The van der Waals surface area contributed by atoms with Crippen LogP contribution in [0.1, 0.15) is 25.7 Å². The van der Waals surface area contributed by atoms with Gasteiger partial charge >= 0.3 is 0 Å². The first-order valence-corrected chi connectivity index (χ1v) is 8.53. The third kappa shape index (κ3) is 3.77. The van der Waals surface area contributed by atoms with Crippen LogP contribution in [0.25, 0.3) is 11.1 Å². The third-order valence-electron chi connectivity index (χ3n) is 4.57. The van der Waals surface area contributed by atoms with Crippen LogP contribution in [0.4, 0.5) is 0 Å². The average Bonchev–Trinajstić information content (AvgIpc) is 3.08. The number of carbonyl (C=O) groups is 1. The number of rotatable bonds is 6. The second kappa shape index (κ2) is 7.49. The summed E-state index contributed by atoms with van der Waals surface area (Å²) in [4.78, 5) is 12.2. The van der Waals surface area contributed by atoms with Crippen molar-refractivity contribution in [3.05, 3.63) is 54.6 Å². The zero-order chi connectivity index (χ0) is 16.8. The molecule has 0 heterocycles. The molecule has 1 aliphatic carbocycles. The van der Waals surface area contributed by atoms with Crippen LogP contribution in [0.3, 0.4) is 0 Å². The van der Waals surface area contributed by atoms with Gasteiger partial charge in [-0.3, -0.25) is 4.79 Å². The van der Waals surface area contributed by atoms with Gasteiger partial charge < -0.3 is 15.8 Å². The fourth-order valence-corrected chi connectivity index (χ4v) is 3.18. The molecule has 24 heavy (non-hydrogen) atoms. The van der Waals surface area contributed by atoms with Crippen molar-refractivity contribution in [2.24, 2.45) is 5.73 Å². The van der Waals surface area contributed by atoms with E-state index >= 15 is 0 Å². The van der Waals surface area contributed by atoms with Crippen LogP contribution < -0.4 is 15.8 Å².